The van der Waals surface area contributed by atoms with Crippen molar-refractivity contribution in [1.29, 1.82) is 0 Å². The molecule has 0 radical (unpaired) electrons. The number of likely N-dealkylation sites (tertiary alicyclic amines) is 2. The quantitative estimate of drug-likeness (QED) is 0.842. The van der Waals surface area contributed by atoms with E-state index in [1.807, 2.05) is 18.2 Å². The summed E-state index contributed by atoms with van der Waals surface area (Å²) in [6.07, 6.45) is 5.92. The van der Waals surface area contributed by atoms with Gasteiger partial charge < -0.3 is 15.3 Å². The Morgan fingerprint density at radius 2 is 1.67 bits per heavy atom. The highest BCUT2D eigenvalue weighted by molar-refractivity contribution is 5.94. The van der Waals surface area contributed by atoms with E-state index in [4.69, 9.17) is 0 Å². The van der Waals surface area contributed by atoms with Gasteiger partial charge in [0.25, 0.3) is 5.91 Å². The third-order valence-electron chi connectivity index (χ3n) is 5.55. The van der Waals surface area contributed by atoms with Crippen LogP contribution in [-0.2, 0) is 4.79 Å². The molecule has 6 heteroatoms. The number of rotatable bonds is 4. The Bertz CT molecular complexity index is 614. The fraction of sp³-hybridized carbons (Fsp3) is 0.619. The predicted molar refractivity (Wildman–Crippen MR) is 104 cm³/mol. The average Bonchev–Trinajstić information content (AvgIpc) is 2.65. The van der Waals surface area contributed by atoms with E-state index in [1.165, 1.54) is 19.3 Å². The maximum atomic E-state index is 12.5. The second-order valence-electron chi connectivity index (χ2n) is 7.69. The third-order valence-corrected chi connectivity index (χ3v) is 5.55. The Balaban J connectivity index is 1.46. The van der Waals surface area contributed by atoms with Crippen molar-refractivity contribution in [3.8, 4) is 0 Å². The minimum atomic E-state index is -0.734. The number of carbonyl (C=O) groups excluding carboxylic acids is 2. The highest BCUT2D eigenvalue weighted by atomic mass is 16.3. The lowest BCUT2D eigenvalue weighted by molar-refractivity contribution is -0.124. The molecule has 3 rings (SSSR count). The first kappa shape index (κ1) is 19.8. The molecule has 27 heavy (non-hydrogen) atoms. The Kier molecular flexibility index (Phi) is 7.24. The van der Waals surface area contributed by atoms with Crippen molar-refractivity contribution >= 4 is 11.8 Å². The van der Waals surface area contributed by atoms with Crippen LogP contribution < -0.4 is 5.32 Å². The standard InChI is InChI=1S/C21H31N3O3/c25-19-15-24(21(27)17-9-5-4-6-10-17)14-11-18(19)22-20(26)16-23-12-7-2-1-3-8-13-23/h4-6,9-10,18-19,25H,1-3,7-8,11-16H2,(H,22,26)/t18-,19-/m1/s1. The fourth-order valence-corrected chi connectivity index (χ4v) is 3.97. The molecule has 148 valence electrons. The number of nitrogens with zero attached hydrogens (tertiary/aromatic N) is 2. The monoisotopic (exact) mass is 373 g/mol. The van der Waals surface area contributed by atoms with Gasteiger partial charge in [-0.2, -0.15) is 0 Å². The van der Waals surface area contributed by atoms with Crippen molar-refractivity contribution in [2.45, 2.75) is 50.7 Å². The van der Waals surface area contributed by atoms with Crippen molar-refractivity contribution in [3.05, 3.63) is 35.9 Å². The molecular formula is C21H31N3O3. The van der Waals surface area contributed by atoms with Crippen LogP contribution in [0.2, 0.25) is 0 Å². The zero-order valence-corrected chi connectivity index (χ0v) is 16.0. The molecule has 2 fully saturated rings. The molecule has 1 aromatic carbocycles. The normalized spacial score (nSPS) is 24.7. The summed E-state index contributed by atoms with van der Waals surface area (Å²) in [4.78, 5) is 28.8. The largest absolute Gasteiger partial charge is 0.389 e. The molecule has 0 aromatic heterocycles. The molecule has 2 aliphatic rings. The average molecular weight is 373 g/mol. The van der Waals surface area contributed by atoms with Gasteiger partial charge in [0.15, 0.2) is 0 Å². The van der Waals surface area contributed by atoms with Gasteiger partial charge in [-0.15, -0.1) is 0 Å². The van der Waals surface area contributed by atoms with E-state index >= 15 is 0 Å². The number of hydrogen-bond donors (Lipinski definition) is 2. The molecule has 0 aliphatic carbocycles. The van der Waals surface area contributed by atoms with Gasteiger partial charge in [0.1, 0.15) is 0 Å². The molecule has 1 aromatic rings. The van der Waals surface area contributed by atoms with E-state index in [2.05, 4.69) is 10.2 Å². The Morgan fingerprint density at radius 1 is 1.00 bits per heavy atom. The maximum Gasteiger partial charge on any atom is 0.253 e. The second-order valence-corrected chi connectivity index (χ2v) is 7.69. The number of nitrogens with one attached hydrogen (secondary N) is 1. The molecule has 2 saturated heterocycles. The topological polar surface area (TPSA) is 72.9 Å². The number of β-amino-alcohol motifs (C(OH)–C–C–N with tert-alkyl or cyclic N) is 1. The molecule has 0 saturated carbocycles. The van der Waals surface area contributed by atoms with Gasteiger partial charge >= 0.3 is 0 Å². The van der Waals surface area contributed by atoms with Gasteiger partial charge in [-0.1, -0.05) is 37.5 Å². The van der Waals surface area contributed by atoms with Crippen LogP contribution >= 0.6 is 0 Å². The number of hydrogen-bond acceptors (Lipinski definition) is 4. The highest BCUT2D eigenvalue weighted by Crippen LogP contribution is 2.15. The molecule has 2 atom stereocenters. The number of aliphatic hydroxyl groups is 1. The van der Waals surface area contributed by atoms with E-state index in [0.29, 0.717) is 25.1 Å². The Labute approximate surface area is 161 Å². The molecule has 0 bridgehead atoms. The highest BCUT2D eigenvalue weighted by Gasteiger charge is 2.31. The van der Waals surface area contributed by atoms with Gasteiger partial charge in [-0.3, -0.25) is 14.5 Å². The lowest BCUT2D eigenvalue weighted by Gasteiger charge is -2.36. The molecular weight excluding hydrogens is 342 g/mol. The summed E-state index contributed by atoms with van der Waals surface area (Å²) in [6, 6.07) is 8.83. The molecule has 0 spiro atoms. The van der Waals surface area contributed by atoms with Gasteiger partial charge in [0, 0.05) is 18.7 Å². The Morgan fingerprint density at radius 3 is 2.33 bits per heavy atom. The number of carbonyl (C=O) groups is 2. The summed E-state index contributed by atoms with van der Waals surface area (Å²) in [5.74, 6) is -0.0949. The predicted octanol–water partition coefficient (Wildman–Crippen LogP) is 1.64. The van der Waals surface area contributed by atoms with E-state index in [9.17, 15) is 14.7 Å². The summed E-state index contributed by atoms with van der Waals surface area (Å²) in [5, 5.41) is 13.4. The zero-order chi connectivity index (χ0) is 19.1. The summed E-state index contributed by atoms with van der Waals surface area (Å²) in [6.45, 7) is 3.14. The number of amides is 2. The first-order valence-corrected chi connectivity index (χ1v) is 10.2. The van der Waals surface area contributed by atoms with Crippen molar-refractivity contribution in [3.63, 3.8) is 0 Å². The van der Waals surface area contributed by atoms with Gasteiger partial charge in [0.05, 0.1) is 18.7 Å². The fourth-order valence-electron chi connectivity index (χ4n) is 3.97. The molecule has 6 nitrogen and oxygen atoms in total. The van der Waals surface area contributed by atoms with Gasteiger partial charge in [-0.05, 0) is 44.5 Å². The summed E-state index contributed by atoms with van der Waals surface area (Å²) >= 11 is 0. The minimum Gasteiger partial charge on any atom is -0.389 e. The number of aliphatic hydroxyl groups excluding tert-OH is 1. The van der Waals surface area contributed by atoms with Crippen molar-refractivity contribution in [2.75, 3.05) is 32.7 Å². The van der Waals surface area contributed by atoms with Crippen LogP contribution in [0.1, 0.15) is 48.9 Å². The molecule has 2 aliphatic heterocycles. The van der Waals surface area contributed by atoms with Crippen LogP contribution in [0.15, 0.2) is 30.3 Å². The van der Waals surface area contributed by atoms with Crippen molar-refractivity contribution in [2.24, 2.45) is 0 Å². The maximum absolute atomic E-state index is 12.5. The number of benzene rings is 1. The molecule has 2 N–H and O–H groups in total. The lowest BCUT2D eigenvalue weighted by Crippen LogP contribution is -2.56. The van der Waals surface area contributed by atoms with Gasteiger partial charge in [-0.25, -0.2) is 0 Å². The van der Waals surface area contributed by atoms with Crippen molar-refractivity contribution < 1.29 is 14.7 Å². The van der Waals surface area contributed by atoms with Crippen LogP contribution in [0.3, 0.4) is 0 Å². The molecule has 2 amide bonds. The van der Waals surface area contributed by atoms with Crippen LogP contribution in [0.5, 0.6) is 0 Å². The molecule has 2 heterocycles. The van der Waals surface area contributed by atoms with Crippen molar-refractivity contribution in [1.82, 2.24) is 15.1 Å². The van der Waals surface area contributed by atoms with Crippen LogP contribution in [0.4, 0.5) is 0 Å². The summed E-state index contributed by atoms with van der Waals surface area (Å²) in [5.41, 5.74) is 0.629. The van der Waals surface area contributed by atoms with E-state index < -0.39 is 6.10 Å². The van der Waals surface area contributed by atoms with E-state index in [0.717, 1.165) is 25.9 Å². The SMILES string of the molecule is O=C(CN1CCCCCCC1)N[C@@H]1CCN(C(=O)c2ccccc2)C[C@H]1O. The summed E-state index contributed by atoms with van der Waals surface area (Å²) < 4.78 is 0. The van der Waals surface area contributed by atoms with E-state index in [1.54, 1.807) is 17.0 Å². The Hall–Kier alpha value is -1.92. The van der Waals surface area contributed by atoms with E-state index in [-0.39, 0.29) is 24.4 Å². The van der Waals surface area contributed by atoms with Crippen LogP contribution in [0.25, 0.3) is 0 Å². The molecule has 0 unspecified atom stereocenters. The first-order chi connectivity index (χ1) is 13.1. The van der Waals surface area contributed by atoms with Crippen LogP contribution in [0, 0.1) is 0 Å². The lowest BCUT2D eigenvalue weighted by atomic mass is 10.0. The zero-order valence-electron chi connectivity index (χ0n) is 16.0. The third kappa shape index (κ3) is 5.78. The smallest absolute Gasteiger partial charge is 0.253 e. The van der Waals surface area contributed by atoms with Crippen LogP contribution in [-0.4, -0.2) is 71.6 Å². The number of piperidine rings is 1. The summed E-state index contributed by atoms with van der Waals surface area (Å²) in [7, 11) is 0. The first-order valence-electron chi connectivity index (χ1n) is 10.2. The minimum absolute atomic E-state index is 0.0255. The van der Waals surface area contributed by atoms with Gasteiger partial charge in [0.2, 0.25) is 5.91 Å². The second kappa shape index (κ2) is 9.85.